The molecule has 0 saturated heterocycles. The van der Waals surface area contributed by atoms with Gasteiger partial charge in [0.25, 0.3) is 0 Å². The molecule has 0 bridgehead atoms. The second kappa shape index (κ2) is 6.83. The maximum atomic E-state index is 5.76. The fraction of sp³-hybridized carbons (Fsp3) is 0.286. The lowest BCUT2D eigenvalue weighted by molar-refractivity contribution is 0.359. The molecule has 0 saturated carbocycles. The number of halogens is 2. The molecule has 1 aliphatic heterocycles. The van der Waals surface area contributed by atoms with E-state index in [0.29, 0.717) is 11.6 Å². The molecule has 1 N–H and O–H groups in total. The lowest BCUT2D eigenvalue weighted by atomic mass is 10.0. The highest BCUT2D eigenvalue weighted by atomic mass is 35.5. The fourth-order valence-corrected chi connectivity index (χ4v) is 1.95. The summed E-state index contributed by atoms with van der Waals surface area (Å²) >= 11 is 11.2. The summed E-state index contributed by atoms with van der Waals surface area (Å²) in [6, 6.07) is 8.06. The van der Waals surface area contributed by atoms with Crippen LogP contribution < -0.4 is 10.1 Å². The average molecular weight is 284 g/mol. The minimum absolute atomic E-state index is 0.303. The Labute approximate surface area is 117 Å². The standard InChI is InChI=1S/C14H15Cl2NO/c15-9-13(16)10-18-14-3-1-11(2-4-14)12-5-7-17-8-6-12/h1-5,9,17H,6-8,10H2. The van der Waals surface area contributed by atoms with Crippen LogP contribution in [-0.2, 0) is 0 Å². The minimum atomic E-state index is 0.303. The van der Waals surface area contributed by atoms with Gasteiger partial charge in [-0.2, -0.15) is 0 Å². The van der Waals surface area contributed by atoms with E-state index in [1.54, 1.807) is 0 Å². The topological polar surface area (TPSA) is 21.3 Å². The zero-order valence-electron chi connectivity index (χ0n) is 9.96. The Morgan fingerprint density at radius 2 is 2.11 bits per heavy atom. The molecule has 4 heteroatoms. The van der Waals surface area contributed by atoms with Gasteiger partial charge >= 0.3 is 0 Å². The van der Waals surface area contributed by atoms with Crippen molar-refractivity contribution in [1.29, 1.82) is 0 Å². The monoisotopic (exact) mass is 283 g/mol. The van der Waals surface area contributed by atoms with Crippen LogP contribution >= 0.6 is 23.2 Å². The van der Waals surface area contributed by atoms with Crippen molar-refractivity contribution in [2.75, 3.05) is 19.7 Å². The van der Waals surface area contributed by atoms with E-state index >= 15 is 0 Å². The van der Waals surface area contributed by atoms with E-state index in [1.165, 1.54) is 16.7 Å². The third kappa shape index (κ3) is 3.77. The van der Waals surface area contributed by atoms with Gasteiger partial charge in [0.05, 0.1) is 5.03 Å². The Balaban J connectivity index is 1.99. The Hall–Kier alpha value is -0.960. The van der Waals surface area contributed by atoms with Crippen molar-refractivity contribution >= 4 is 28.8 Å². The minimum Gasteiger partial charge on any atom is -0.488 e. The molecule has 2 rings (SSSR count). The molecule has 1 heterocycles. The quantitative estimate of drug-likeness (QED) is 0.909. The van der Waals surface area contributed by atoms with Crippen molar-refractivity contribution in [2.24, 2.45) is 0 Å². The molecule has 2 nitrogen and oxygen atoms in total. The van der Waals surface area contributed by atoms with Crippen LogP contribution in [0.2, 0.25) is 0 Å². The Bertz CT molecular complexity index is 451. The third-order valence-corrected chi connectivity index (χ3v) is 3.38. The highest BCUT2D eigenvalue weighted by molar-refractivity contribution is 6.36. The van der Waals surface area contributed by atoms with Crippen LogP contribution in [0.5, 0.6) is 5.75 Å². The molecule has 1 aromatic rings. The van der Waals surface area contributed by atoms with Crippen LogP contribution in [0.15, 0.2) is 40.9 Å². The summed E-state index contributed by atoms with van der Waals surface area (Å²) < 4.78 is 5.48. The van der Waals surface area contributed by atoms with Gasteiger partial charge in [0.2, 0.25) is 0 Å². The van der Waals surface area contributed by atoms with Crippen molar-refractivity contribution < 1.29 is 4.74 Å². The van der Waals surface area contributed by atoms with E-state index in [0.717, 1.165) is 25.3 Å². The van der Waals surface area contributed by atoms with Gasteiger partial charge < -0.3 is 10.1 Å². The Kier molecular flexibility index (Phi) is 5.12. The highest BCUT2D eigenvalue weighted by Gasteiger charge is 2.05. The average Bonchev–Trinajstić information content (AvgIpc) is 2.46. The first kappa shape index (κ1) is 13.5. The van der Waals surface area contributed by atoms with Crippen molar-refractivity contribution in [3.05, 3.63) is 46.5 Å². The predicted octanol–water partition coefficient (Wildman–Crippen LogP) is 3.76. The van der Waals surface area contributed by atoms with Crippen LogP contribution in [0.25, 0.3) is 5.57 Å². The number of hydrogen-bond acceptors (Lipinski definition) is 2. The first-order valence-electron chi connectivity index (χ1n) is 5.87. The summed E-state index contributed by atoms with van der Waals surface area (Å²) in [5.41, 5.74) is 3.96. The van der Waals surface area contributed by atoms with Crippen LogP contribution in [-0.4, -0.2) is 19.7 Å². The molecule has 1 aromatic carbocycles. The van der Waals surface area contributed by atoms with Crippen LogP contribution in [0, 0.1) is 0 Å². The van der Waals surface area contributed by atoms with Gasteiger partial charge in [-0.3, -0.25) is 0 Å². The predicted molar refractivity (Wildman–Crippen MR) is 77.2 cm³/mol. The summed E-state index contributed by atoms with van der Waals surface area (Å²) in [5, 5.41) is 3.79. The Morgan fingerprint density at radius 3 is 2.72 bits per heavy atom. The zero-order valence-corrected chi connectivity index (χ0v) is 11.5. The summed E-state index contributed by atoms with van der Waals surface area (Å²) in [6.07, 6.45) is 3.30. The van der Waals surface area contributed by atoms with Gasteiger partial charge in [-0.15, -0.1) is 0 Å². The van der Waals surface area contributed by atoms with Crippen molar-refractivity contribution in [3.63, 3.8) is 0 Å². The number of nitrogens with one attached hydrogen (secondary N) is 1. The van der Waals surface area contributed by atoms with Crippen molar-refractivity contribution in [3.8, 4) is 5.75 Å². The van der Waals surface area contributed by atoms with E-state index in [1.807, 2.05) is 12.1 Å². The first-order chi connectivity index (χ1) is 8.79. The molecular weight excluding hydrogens is 269 g/mol. The lowest BCUT2D eigenvalue weighted by Gasteiger charge is -2.14. The molecule has 0 radical (unpaired) electrons. The lowest BCUT2D eigenvalue weighted by Crippen LogP contribution is -2.19. The van der Waals surface area contributed by atoms with Gasteiger partial charge in [0, 0.05) is 12.1 Å². The Morgan fingerprint density at radius 1 is 1.33 bits per heavy atom. The molecule has 1 aliphatic rings. The highest BCUT2D eigenvalue weighted by Crippen LogP contribution is 2.22. The smallest absolute Gasteiger partial charge is 0.125 e. The van der Waals surface area contributed by atoms with Crippen molar-refractivity contribution in [1.82, 2.24) is 5.32 Å². The number of ether oxygens (including phenoxy) is 1. The SMILES string of the molecule is ClC=C(Cl)COc1ccc(C2=CCNCC2)cc1. The van der Waals surface area contributed by atoms with E-state index in [2.05, 4.69) is 23.5 Å². The number of benzene rings is 1. The summed E-state index contributed by atoms with van der Waals surface area (Å²) in [4.78, 5) is 0. The maximum absolute atomic E-state index is 5.76. The van der Waals surface area contributed by atoms with Crippen LogP contribution in [0.3, 0.4) is 0 Å². The number of hydrogen-bond donors (Lipinski definition) is 1. The van der Waals surface area contributed by atoms with E-state index in [9.17, 15) is 0 Å². The van der Waals surface area contributed by atoms with Gasteiger partial charge in [0.1, 0.15) is 12.4 Å². The van der Waals surface area contributed by atoms with Gasteiger partial charge in [-0.05, 0) is 36.2 Å². The summed E-state index contributed by atoms with van der Waals surface area (Å²) in [7, 11) is 0. The second-order valence-corrected chi connectivity index (χ2v) is 4.76. The fourth-order valence-electron chi connectivity index (χ4n) is 1.83. The summed E-state index contributed by atoms with van der Waals surface area (Å²) in [5.74, 6) is 0.796. The van der Waals surface area contributed by atoms with E-state index < -0.39 is 0 Å². The molecule has 18 heavy (non-hydrogen) atoms. The molecule has 0 atom stereocenters. The van der Waals surface area contributed by atoms with Crippen molar-refractivity contribution in [2.45, 2.75) is 6.42 Å². The molecule has 96 valence electrons. The summed E-state index contributed by atoms with van der Waals surface area (Å²) in [6.45, 7) is 2.29. The molecule has 0 spiro atoms. The van der Waals surface area contributed by atoms with E-state index in [-0.39, 0.29) is 0 Å². The molecule has 0 aromatic heterocycles. The molecule has 0 unspecified atom stereocenters. The molecule has 0 amide bonds. The van der Waals surface area contributed by atoms with Crippen LogP contribution in [0.1, 0.15) is 12.0 Å². The second-order valence-electron chi connectivity index (χ2n) is 4.05. The normalized spacial score (nSPS) is 16.3. The molecular formula is C14H15Cl2NO. The third-order valence-electron chi connectivity index (χ3n) is 2.78. The van der Waals surface area contributed by atoms with Gasteiger partial charge in [0.15, 0.2) is 0 Å². The van der Waals surface area contributed by atoms with E-state index in [4.69, 9.17) is 27.9 Å². The number of rotatable bonds is 4. The van der Waals surface area contributed by atoms with Gasteiger partial charge in [-0.25, -0.2) is 0 Å². The largest absolute Gasteiger partial charge is 0.488 e. The molecule has 0 aliphatic carbocycles. The van der Waals surface area contributed by atoms with Gasteiger partial charge in [-0.1, -0.05) is 41.4 Å². The van der Waals surface area contributed by atoms with Crippen LogP contribution in [0.4, 0.5) is 0 Å². The first-order valence-corrected chi connectivity index (χ1v) is 6.69. The maximum Gasteiger partial charge on any atom is 0.125 e. The molecule has 0 fully saturated rings. The zero-order chi connectivity index (χ0) is 12.8.